The van der Waals surface area contributed by atoms with Crippen molar-refractivity contribution in [2.45, 2.75) is 47.5 Å². The molecule has 1 nitrogen and oxygen atoms in total. The van der Waals surface area contributed by atoms with Crippen LogP contribution in [0.15, 0.2) is 23.8 Å². The van der Waals surface area contributed by atoms with Gasteiger partial charge in [0.1, 0.15) is 0 Å². The lowest BCUT2D eigenvalue weighted by Gasteiger charge is -2.17. The van der Waals surface area contributed by atoms with Gasteiger partial charge in [0.2, 0.25) is 0 Å². The van der Waals surface area contributed by atoms with E-state index in [1.54, 1.807) is 6.08 Å². The van der Waals surface area contributed by atoms with Crippen LogP contribution in [0.25, 0.3) is 0 Å². The molecule has 0 rings (SSSR count). The van der Waals surface area contributed by atoms with E-state index in [9.17, 15) is 4.79 Å². The molecule has 0 aliphatic heterocycles. The standard InChI is InChI=1S/C13H22O/c1-6-12(14)8-10-13(4,5)9-7-11(2)3/h7-8,10H,6,9H2,1-5H3/b10-8+. The van der Waals surface area contributed by atoms with E-state index in [0.717, 1.165) is 6.42 Å². The third-order valence-electron chi connectivity index (χ3n) is 2.11. The number of hydrogen-bond acceptors (Lipinski definition) is 1. The Kier molecular flexibility index (Phi) is 5.44. The SMILES string of the molecule is CCC(=O)/C=C/C(C)(C)CC=C(C)C. The Morgan fingerprint density at radius 2 is 1.86 bits per heavy atom. The van der Waals surface area contributed by atoms with Gasteiger partial charge >= 0.3 is 0 Å². The molecule has 0 aromatic rings. The average Bonchev–Trinajstić information content (AvgIpc) is 2.11. The molecule has 14 heavy (non-hydrogen) atoms. The zero-order chi connectivity index (χ0) is 11.2. The minimum Gasteiger partial charge on any atom is -0.295 e. The Hall–Kier alpha value is -0.850. The molecular weight excluding hydrogens is 172 g/mol. The number of carbonyl (C=O) groups excluding carboxylic acids is 1. The molecule has 0 aromatic carbocycles. The fourth-order valence-corrected chi connectivity index (χ4v) is 0.972. The molecule has 0 amide bonds. The van der Waals surface area contributed by atoms with Crippen LogP contribution in [0.3, 0.4) is 0 Å². The smallest absolute Gasteiger partial charge is 0.155 e. The topological polar surface area (TPSA) is 17.1 Å². The van der Waals surface area contributed by atoms with Crippen LogP contribution in [0.5, 0.6) is 0 Å². The van der Waals surface area contributed by atoms with Gasteiger partial charge in [-0.15, -0.1) is 0 Å². The number of allylic oxidation sites excluding steroid dienone is 4. The first-order valence-corrected chi connectivity index (χ1v) is 5.23. The number of carbonyl (C=O) groups is 1. The quantitative estimate of drug-likeness (QED) is 0.479. The molecule has 0 spiro atoms. The van der Waals surface area contributed by atoms with Crippen molar-refractivity contribution in [3.05, 3.63) is 23.8 Å². The van der Waals surface area contributed by atoms with Crippen molar-refractivity contribution in [1.29, 1.82) is 0 Å². The van der Waals surface area contributed by atoms with Crippen LogP contribution in [0.2, 0.25) is 0 Å². The highest BCUT2D eigenvalue weighted by Gasteiger charge is 2.11. The van der Waals surface area contributed by atoms with Crippen LogP contribution in [0.1, 0.15) is 47.5 Å². The second kappa shape index (κ2) is 5.79. The molecule has 0 fully saturated rings. The van der Waals surface area contributed by atoms with Gasteiger partial charge in [0, 0.05) is 6.42 Å². The molecule has 0 saturated heterocycles. The molecule has 0 unspecified atom stereocenters. The minimum absolute atomic E-state index is 0.0854. The Balaban J connectivity index is 4.26. The largest absolute Gasteiger partial charge is 0.295 e. The summed E-state index contributed by atoms with van der Waals surface area (Å²) in [7, 11) is 0. The summed E-state index contributed by atoms with van der Waals surface area (Å²) in [6.45, 7) is 10.4. The minimum atomic E-state index is 0.0854. The maximum atomic E-state index is 11.1. The van der Waals surface area contributed by atoms with Gasteiger partial charge in [-0.25, -0.2) is 0 Å². The number of ketones is 1. The average molecular weight is 194 g/mol. The summed E-state index contributed by atoms with van der Waals surface area (Å²) in [6.07, 6.45) is 7.51. The van der Waals surface area contributed by atoms with Crippen LogP contribution in [0.4, 0.5) is 0 Å². The van der Waals surface area contributed by atoms with E-state index in [2.05, 4.69) is 33.8 Å². The van der Waals surface area contributed by atoms with Crippen LogP contribution < -0.4 is 0 Å². The van der Waals surface area contributed by atoms with Gasteiger partial charge in [-0.1, -0.05) is 38.5 Å². The van der Waals surface area contributed by atoms with E-state index >= 15 is 0 Å². The van der Waals surface area contributed by atoms with E-state index in [0.29, 0.717) is 6.42 Å². The Morgan fingerprint density at radius 1 is 1.29 bits per heavy atom. The van der Waals surface area contributed by atoms with E-state index in [1.807, 2.05) is 13.0 Å². The molecule has 0 heterocycles. The van der Waals surface area contributed by atoms with Crippen molar-refractivity contribution in [3.8, 4) is 0 Å². The predicted octanol–water partition coefficient (Wildman–Crippen LogP) is 3.90. The van der Waals surface area contributed by atoms with E-state index < -0.39 is 0 Å². The summed E-state index contributed by atoms with van der Waals surface area (Å²) in [5.74, 6) is 0.204. The summed E-state index contributed by atoms with van der Waals surface area (Å²) in [4.78, 5) is 11.1. The molecule has 0 saturated carbocycles. The molecular formula is C13H22O. The van der Waals surface area contributed by atoms with Gasteiger partial charge in [0.05, 0.1) is 0 Å². The lowest BCUT2D eigenvalue weighted by molar-refractivity contribution is -0.114. The van der Waals surface area contributed by atoms with Crippen molar-refractivity contribution < 1.29 is 4.79 Å². The van der Waals surface area contributed by atoms with Crippen molar-refractivity contribution in [3.63, 3.8) is 0 Å². The Bertz CT molecular complexity index is 240. The summed E-state index contributed by atoms with van der Waals surface area (Å²) < 4.78 is 0. The first-order valence-electron chi connectivity index (χ1n) is 5.23. The molecule has 80 valence electrons. The van der Waals surface area contributed by atoms with Gasteiger partial charge in [-0.2, -0.15) is 0 Å². The molecule has 0 N–H and O–H groups in total. The van der Waals surface area contributed by atoms with Gasteiger partial charge in [-0.05, 0) is 31.8 Å². The first kappa shape index (κ1) is 13.2. The highest BCUT2D eigenvalue weighted by molar-refractivity contribution is 5.89. The zero-order valence-electron chi connectivity index (χ0n) is 10.1. The van der Waals surface area contributed by atoms with Crippen LogP contribution in [-0.4, -0.2) is 5.78 Å². The molecule has 0 atom stereocenters. The van der Waals surface area contributed by atoms with Crippen molar-refractivity contribution in [1.82, 2.24) is 0 Å². The molecule has 0 bridgehead atoms. The maximum Gasteiger partial charge on any atom is 0.155 e. The van der Waals surface area contributed by atoms with Gasteiger partial charge in [0.25, 0.3) is 0 Å². The fourth-order valence-electron chi connectivity index (χ4n) is 0.972. The van der Waals surface area contributed by atoms with Crippen LogP contribution in [0, 0.1) is 5.41 Å². The van der Waals surface area contributed by atoms with E-state index in [-0.39, 0.29) is 11.2 Å². The van der Waals surface area contributed by atoms with Crippen LogP contribution in [-0.2, 0) is 4.79 Å². The Morgan fingerprint density at radius 3 is 2.29 bits per heavy atom. The second-order valence-corrected chi connectivity index (χ2v) is 4.63. The van der Waals surface area contributed by atoms with Crippen molar-refractivity contribution >= 4 is 5.78 Å². The number of rotatable bonds is 5. The van der Waals surface area contributed by atoms with Gasteiger partial charge in [-0.3, -0.25) is 4.79 Å². The maximum absolute atomic E-state index is 11.1. The van der Waals surface area contributed by atoms with Gasteiger partial charge < -0.3 is 0 Å². The first-order chi connectivity index (χ1) is 6.37. The monoisotopic (exact) mass is 194 g/mol. The fraction of sp³-hybridized carbons (Fsp3) is 0.615. The summed E-state index contributed by atoms with van der Waals surface area (Å²) in [5.41, 5.74) is 1.41. The normalized spacial score (nSPS) is 11.8. The lowest BCUT2D eigenvalue weighted by atomic mass is 9.88. The lowest BCUT2D eigenvalue weighted by Crippen LogP contribution is -2.06. The predicted molar refractivity (Wildman–Crippen MR) is 62.3 cm³/mol. The zero-order valence-corrected chi connectivity index (χ0v) is 10.1. The molecule has 0 radical (unpaired) electrons. The summed E-state index contributed by atoms with van der Waals surface area (Å²) in [6, 6.07) is 0. The van der Waals surface area contributed by atoms with E-state index in [4.69, 9.17) is 0 Å². The third kappa shape index (κ3) is 6.64. The number of hydrogen-bond donors (Lipinski definition) is 0. The summed E-state index contributed by atoms with van der Waals surface area (Å²) >= 11 is 0. The Labute approximate surface area is 87.9 Å². The van der Waals surface area contributed by atoms with Crippen molar-refractivity contribution in [2.24, 2.45) is 5.41 Å². The van der Waals surface area contributed by atoms with E-state index in [1.165, 1.54) is 5.57 Å². The summed E-state index contributed by atoms with van der Waals surface area (Å²) in [5, 5.41) is 0. The highest BCUT2D eigenvalue weighted by Crippen LogP contribution is 2.23. The van der Waals surface area contributed by atoms with Crippen molar-refractivity contribution in [2.75, 3.05) is 0 Å². The van der Waals surface area contributed by atoms with Gasteiger partial charge in [0.15, 0.2) is 5.78 Å². The van der Waals surface area contributed by atoms with Crippen LogP contribution >= 0.6 is 0 Å². The molecule has 0 aromatic heterocycles. The third-order valence-corrected chi connectivity index (χ3v) is 2.11. The highest BCUT2D eigenvalue weighted by atomic mass is 16.1. The molecule has 0 aliphatic rings. The molecule has 0 aliphatic carbocycles. The second-order valence-electron chi connectivity index (χ2n) is 4.63. The molecule has 1 heteroatoms.